The van der Waals surface area contributed by atoms with E-state index in [1.54, 1.807) is 14.0 Å². The van der Waals surface area contributed by atoms with Gasteiger partial charge >= 0.3 is 0 Å². The van der Waals surface area contributed by atoms with Crippen LogP contribution in [0.25, 0.3) is 0 Å². The minimum Gasteiger partial charge on any atom is -0.388 e. The fourth-order valence-electron chi connectivity index (χ4n) is 4.83. The molecule has 0 amide bonds. The molecule has 204 valence electrons. The van der Waals surface area contributed by atoms with Crippen LogP contribution in [0.1, 0.15) is 34.1 Å². The molecule has 0 bridgehead atoms. The number of nitrogens with two attached hydrogens (primary N) is 3. The van der Waals surface area contributed by atoms with Gasteiger partial charge in [0.05, 0.1) is 25.3 Å². The van der Waals surface area contributed by atoms with Crippen molar-refractivity contribution in [3.63, 3.8) is 0 Å². The minimum atomic E-state index is -1.29. The highest BCUT2D eigenvalue weighted by molar-refractivity contribution is 5.13. The lowest BCUT2D eigenvalue weighted by Crippen LogP contribution is -2.68. The first-order valence-corrected chi connectivity index (χ1v) is 12.2. The summed E-state index contributed by atoms with van der Waals surface area (Å²) >= 11 is 0. The minimum absolute atomic E-state index is 0.0380. The number of aliphatic hydroxyl groups excluding tert-OH is 2. The molecule has 11 atom stereocenters. The third-order valence-corrected chi connectivity index (χ3v) is 6.81. The van der Waals surface area contributed by atoms with Crippen molar-refractivity contribution >= 4 is 0 Å². The molecule has 2 aliphatic heterocycles. The van der Waals surface area contributed by atoms with Gasteiger partial charge in [-0.2, -0.15) is 0 Å². The molecule has 11 N–H and O–H groups in total. The topological polar surface area (TPSA) is 200 Å². The zero-order valence-corrected chi connectivity index (χ0v) is 21.4. The van der Waals surface area contributed by atoms with E-state index in [2.05, 4.69) is 31.4 Å². The SMILES string of the molecule is CNC1C(O)C(OC2C(N)CC(N)C(OC3OCC(CNC(C)(C)C)=CC3N)C2O)OCC1(C)O. The van der Waals surface area contributed by atoms with Crippen LogP contribution in [-0.4, -0.2) is 114 Å². The van der Waals surface area contributed by atoms with Crippen molar-refractivity contribution in [2.75, 3.05) is 26.8 Å². The summed E-state index contributed by atoms with van der Waals surface area (Å²) in [7, 11) is 1.63. The van der Waals surface area contributed by atoms with Gasteiger partial charge in [-0.3, -0.25) is 0 Å². The molecule has 12 heteroatoms. The van der Waals surface area contributed by atoms with E-state index < -0.39 is 66.8 Å². The number of nitrogens with one attached hydrogen (secondary N) is 2. The van der Waals surface area contributed by atoms with E-state index in [9.17, 15) is 15.3 Å². The summed E-state index contributed by atoms with van der Waals surface area (Å²) in [5.41, 5.74) is 18.5. The number of aliphatic hydroxyl groups is 3. The van der Waals surface area contributed by atoms with Gasteiger partial charge in [-0.25, -0.2) is 0 Å². The number of likely N-dealkylation sites (N-methyl/N-ethyl adjacent to an activating group) is 1. The van der Waals surface area contributed by atoms with Crippen LogP contribution in [0.5, 0.6) is 0 Å². The van der Waals surface area contributed by atoms with E-state index in [0.29, 0.717) is 19.6 Å². The van der Waals surface area contributed by atoms with Crippen LogP contribution in [0.2, 0.25) is 0 Å². The first-order valence-electron chi connectivity index (χ1n) is 12.2. The largest absolute Gasteiger partial charge is 0.388 e. The molecule has 1 saturated heterocycles. The molecule has 11 unspecified atom stereocenters. The summed E-state index contributed by atoms with van der Waals surface area (Å²) in [6.07, 6.45) is -3.90. The highest BCUT2D eigenvalue weighted by atomic mass is 16.7. The molecule has 2 heterocycles. The Labute approximate surface area is 207 Å². The fourth-order valence-corrected chi connectivity index (χ4v) is 4.83. The lowest BCUT2D eigenvalue weighted by atomic mass is 9.84. The van der Waals surface area contributed by atoms with Crippen LogP contribution in [0.15, 0.2) is 11.6 Å². The third kappa shape index (κ3) is 6.98. The van der Waals surface area contributed by atoms with E-state index >= 15 is 0 Å². The molecular formula is C23H45N5O7. The number of ether oxygens (including phenoxy) is 4. The van der Waals surface area contributed by atoms with Crippen molar-refractivity contribution in [2.24, 2.45) is 17.2 Å². The van der Waals surface area contributed by atoms with Crippen molar-refractivity contribution in [3.8, 4) is 0 Å². The number of rotatable bonds is 7. The van der Waals surface area contributed by atoms with Gasteiger partial charge in [-0.1, -0.05) is 6.08 Å². The number of hydrogen-bond acceptors (Lipinski definition) is 12. The Hall–Kier alpha value is -0.740. The molecule has 3 rings (SSSR count). The lowest BCUT2D eigenvalue weighted by molar-refractivity contribution is -0.303. The first kappa shape index (κ1) is 28.8. The maximum Gasteiger partial charge on any atom is 0.185 e. The predicted molar refractivity (Wildman–Crippen MR) is 129 cm³/mol. The zero-order valence-electron chi connectivity index (χ0n) is 21.4. The Morgan fingerprint density at radius 1 is 1.06 bits per heavy atom. The molecular weight excluding hydrogens is 458 g/mol. The van der Waals surface area contributed by atoms with Gasteiger partial charge in [0.25, 0.3) is 0 Å². The maximum absolute atomic E-state index is 11.1. The fraction of sp³-hybridized carbons (Fsp3) is 0.913. The zero-order chi connectivity index (χ0) is 26.1. The second kappa shape index (κ2) is 11.3. The van der Waals surface area contributed by atoms with E-state index in [1.165, 1.54) is 0 Å². The second-order valence-electron chi connectivity index (χ2n) is 11.2. The smallest absolute Gasteiger partial charge is 0.185 e. The lowest BCUT2D eigenvalue weighted by Gasteiger charge is -2.48. The summed E-state index contributed by atoms with van der Waals surface area (Å²) in [5.74, 6) is 0. The van der Waals surface area contributed by atoms with Gasteiger partial charge in [0, 0.05) is 24.2 Å². The van der Waals surface area contributed by atoms with Gasteiger partial charge in [0.1, 0.15) is 30.0 Å². The quantitative estimate of drug-likeness (QED) is 0.167. The molecule has 1 aliphatic carbocycles. The van der Waals surface area contributed by atoms with Crippen molar-refractivity contribution in [2.45, 2.75) is 106 Å². The predicted octanol–water partition coefficient (Wildman–Crippen LogP) is -2.77. The molecule has 0 radical (unpaired) electrons. The van der Waals surface area contributed by atoms with Gasteiger partial charge in [0.2, 0.25) is 0 Å². The van der Waals surface area contributed by atoms with Gasteiger partial charge in [-0.15, -0.1) is 0 Å². The Morgan fingerprint density at radius 3 is 2.20 bits per heavy atom. The van der Waals surface area contributed by atoms with Gasteiger partial charge in [0.15, 0.2) is 12.6 Å². The van der Waals surface area contributed by atoms with Crippen molar-refractivity contribution in [1.29, 1.82) is 0 Å². The molecule has 12 nitrogen and oxygen atoms in total. The summed E-state index contributed by atoms with van der Waals surface area (Å²) in [6, 6.07) is -2.44. The van der Waals surface area contributed by atoms with Crippen LogP contribution >= 0.6 is 0 Å². The highest BCUT2D eigenvalue weighted by Crippen LogP contribution is 2.30. The average Bonchev–Trinajstić information content (AvgIpc) is 2.74. The van der Waals surface area contributed by atoms with Crippen LogP contribution in [0, 0.1) is 0 Å². The monoisotopic (exact) mass is 503 g/mol. The summed E-state index contributed by atoms with van der Waals surface area (Å²) in [4.78, 5) is 0. The van der Waals surface area contributed by atoms with Crippen molar-refractivity contribution in [3.05, 3.63) is 11.6 Å². The average molecular weight is 504 g/mol. The molecule has 3 aliphatic rings. The van der Waals surface area contributed by atoms with Crippen LogP contribution < -0.4 is 27.8 Å². The molecule has 2 fully saturated rings. The summed E-state index contributed by atoms with van der Waals surface area (Å²) in [5, 5.41) is 38.6. The van der Waals surface area contributed by atoms with Crippen LogP contribution in [0.3, 0.4) is 0 Å². The van der Waals surface area contributed by atoms with E-state index in [-0.39, 0.29) is 12.1 Å². The Kier molecular flexibility index (Phi) is 9.34. The molecule has 0 spiro atoms. The standard InChI is InChI=1S/C23H45N5O7/c1-22(2,3)28-8-11-6-14(26)20(32-9-11)34-17-12(24)7-13(25)18(15(17)29)35-21-16(30)19(27-5)23(4,31)10-33-21/h6,12-21,27-31H,7-10,24-26H2,1-5H3. The third-order valence-electron chi connectivity index (χ3n) is 6.81. The maximum atomic E-state index is 11.1. The Balaban J connectivity index is 1.64. The van der Waals surface area contributed by atoms with Crippen molar-refractivity contribution in [1.82, 2.24) is 10.6 Å². The van der Waals surface area contributed by atoms with Crippen LogP contribution in [-0.2, 0) is 18.9 Å². The van der Waals surface area contributed by atoms with Crippen molar-refractivity contribution < 1.29 is 34.3 Å². The van der Waals surface area contributed by atoms with E-state index in [0.717, 1.165) is 5.57 Å². The van der Waals surface area contributed by atoms with E-state index in [1.807, 2.05) is 6.08 Å². The van der Waals surface area contributed by atoms with Crippen LogP contribution in [0.4, 0.5) is 0 Å². The summed E-state index contributed by atoms with van der Waals surface area (Å²) in [6.45, 7) is 8.72. The second-order valence-corrected chi connectivity index (χ2v) is 11.2. The molecule has 35 heavy (non-hydrogen) atoms. The normalized spacial score (nSPS) is 45.3. The van der Waals surface area contributed by atoms with Gasteiger partial charge < -0.3 is 62.1 Å². The molecule has 0 aromatic carbocycles. The summed E-state index contributed by atoms with van der Waals surface area (Å²) < 4.78 is 23.4. The number of hydrogen-bond donors (Lipinski definition) is 8. The van der Waals surface area contributed by atoms with E-state index in [4.69, 9.17) is 36.1 Å². The Bertz CT molecular complexity index is 734. The Morgan fingerprint density at radius 2 is 1.66 bits per heavy atom. The first-order chi connectivity index (χ1) is 16.2. The molecule has 0 aromatic rings. The molecule has 0 aromatic heterocycles. The molecule has 1 saturated carbocycles. The van der Waals surface area contributed by atoms with Gasteiger partial charge in [-0.05, 0) is 46.7 Å². The highest BCUT2D eigenvalue weighted by Gasteiger charge is 2.50.